The molecule has 0 saturated heterocycles. The van der Waals surface area contributed by atoms with E-state index in [0.29, 0.717) is 0 Å². The Bertz CT molecular complexity index is 381. The Labute approximate surface area is 87.4 Å². The molecule has 0 amide bonds. The molecule has 0 aromatic heterocycles. The van der Waals surface area contributed by atoms with Crippen LogP contribution in [-0.2, 0) is 0 Å². The highest BCUT2D eigenvalue weighted by atomic mass is 14.1. The third-order valence-corrected chi connectivity index (χ3v) is 1.97. The molecule has 0 atom stereocenters. The first-order chi connectivity index (χ1) is 6.38. The van der Waals surface area contributed by atoms with Gasteiger partial charge in [0.05, 0.1) is 0 Å². The Morgan fingerprint density at radius 1 is 1.07 bits per heavy atom. The average Bonchev–Trinajstić information content (AvgIpc) is 2.05. The molecule has 0 spiro atoms. The third kappa shape index (κ3) is 3.26. The molecule has 14 heavy (non-hydrogen) atoms. The van der Waals surface area contributed by atoms with E-state index in [1.807, 2.05) is 0 Å². The predicted octanol–water partition coefficient (Wildman–Crippen LogP) is 3.70. The summed E-state index contributed by atoms with van der Waals surface area (Å²) < 4.78 is 0. The van der Waals surface area contributed by atoms with Crippen LogP contribution in [0.2, 0.25) is 0 Å². The summed E-state index contributed by atoms with van der Waals surface area (Å²) in [7, 11) is 0. The Kier molecular flexibility index (Phi) is 3.01. The second-order valence-electron chi connectivity index (χ2n) is 4.82. The van der Waals surface area contributed by atoms with Crippen molar-refractivity contribution in [1.29, 1.82) is 0 Å². The molecular formula is C14H18. The van der Waals surface area contributed by atoms with Gasteiger partial charge in [-0.1, -0.05) is 24.0 Å². The van der Waals surface area contributed by atoms with Gasteiger partial charge in [0.2, 0.25) is 0 Å². The van der Waals surface area contributed by atoms with Gasteiger partial charge in [-0.05, 0) is 51.8 Å². The van der Waals surface area contributed by atoms with E-state index in [2.05, 4.69) is 64.7 Å². The summed E-state index contributed by atoms with van der Waals surface area (Å²) in [4.78, 5) is 0. The van der Waals surface area contributed by atoms with Crippen LogP contribution in [0.3, 0.4) is 0 Å². The molecule has 0 fully saturated rings. The van der Waals surface area contributed by atoms with E-state index in [4.69, 9.17) is 0 Å². The van der Waals surface area contributed by atoms with Gasteiger partial charge in [0.15, 0.2) is 0 Å². The molecule has 1 rings (SSSR count). The molecule has 0 saturated carbocycles. The molecule has 0 aliphatic carbocycles. The molecular weight excluding hydrogens is 168 g/mol. The molecule has 0 aliphatic rings. The van der Waals surface area contributed by atoms with Gasteiger partial charge in [-0.2, -0.15) is 0 Å². The van der Waals surface area contributed by atoms with Crippen molar-refractivity contribution in [3.8, 4) is 11.8 Å². The molecule has 0 aliphatic heterocycles. The summed E-state index contributed by atoms with van der Waals surface area (Å²) in [5, 5.41) is 0. The first-order valence-corrected chi connectivity index (χ1v) is 4.99. The van der Waals surface area contributed by atoms with E-state index in [1.54, 1.807) is 0 Å². The highest BCUT2D eigenvalue weighted by Crippen LogP contribution is 2.13. The number of hydrogen-bond acceptors (Lipinski definition) is 0. The minimum atomic E-state index is 0.0795. The summed E-state index contributed by atoms with van der Waals surface area (Å²) in [6, 6.07) is 6.40. The predicted molar refractivity (Wildman–Crippen MR) is 62.2 cm³/mol. The van der Waals surface area contributed by atoms with Gasteiger partial charge < -0.3 is 0 Å². The minimum Gasteiger partial charge on any atom is -0.0919 e. The third-order valence-electron chi connectivity index (χ3n) is 1.97. The standard InChI is InChI=1S/C14H18/c1-11-6-7-12(2)13(10-11)8-9-14(3,4)5/h6-7,10H,1-5H3. The molecule has 0 radical (unpaired) electrons. The summed E-state index contributed by atoms with van der Waals surface area (Å²) in [5.74, 6) is 6.50. The van der Waals surface area contributed by atoms with Crippen LogP contribution in [0.4, 0.5) is 0 Å². The van der Waals surface area contributed by atoms with E-state index in [-0.39, 0.29) is 5.41 Å². The lowest BCUT2D eigenvalue weighted by molar-refractivity contribution is 0.571. The van der Waals surface area contributed by atoms with Crippen LogP contribution < -0.4 is 0 Å². The van der Waals surface area contributed by atoms with Crippen molar-refractivity contribution < 1.29 is 0 Å². The second-order valence-corrected chi connectivity index (χ2v) is 4.82. The van der Waals surface area contributed by atoms with Crippen LogP contribution in [0.15, 0.2) is 18.2 Å². The Morgan fingerprint density at radius 2 is 1.71 bits per heavy atom. The van der Waals surface area contributed by atoms with Crippen molar-refractivity contribution >= 4 is 0 Å². The van der Waals surface area contributed by atoms with E-state index in [0.717, 1.165) is 5.56 Å². The van der Waals surface area contributed by atoms with Gasteiger partial charge in [0.1, 0.15) is 0 Å². The number of benzene rings is 1. The van der Waals surface area contributed by atoms with Gasteiger partial charge in [-0.3, -0.25) is 0 Å². The number of hydrogen-bond donors (Lipinski definition) is 0. The fourth-order valence-corrected chi connectivity index (χ4v) is 1.13. The van der Waals surface area contributed by atoms with Crippen molar-refractivity contribution in [2.24, 2.45) is 5.41 Å². The number of rotatable bonds is 0. The van der Waals surface area contributed by atoms with Gasteiger partial charge in [0, 0.05) is 11.0 Å². The second kappa shape index (κ2) is 3.88. The monoisotopic (exact) mass is 186 g/mol. The Hall–Kier alpha value is -1.22. The zero-order chi connectivity index (χ0) is 10.8. The normalized spacial score (nSPS) is 10.6. The molecule has 0 bridgehead atoms. The van der Waals surface area contributed by atoms with Crippen molar-refractivity contribution in [2.45, 2.75) is 34.6 Å². The zero-order valence-corrected chi connectivity index (χ0v) is 9.73. The van der Waals surface area contributed by atoms with Crippen LogP contribution in [0.5, 0.6) is 0 Å². The largest absolute Gasteiger partial charge is 0.0919 e. The highest BCUT2D eigenvalue weighted by molar-refractivity contribution is 5.43. The Balaban J connectivity index is 3.06. The van der Waals surface area contributed by atoms with Crippen molar-refractivity contribution in [2.75, 3.05) is 0 Å². The maximum atomic E-state index is 3.26. The SMILES string of the molecule is Cc1ccc(C)c(C#CC(C)(C)C)c1. The summed E-state index contributed by atoms with van der Waals surface area (Å²) >= 11 is 0. The zero-order valence-electron chi connectivity index (χ0n) is 9.73. The molecule has 0 N–H and O–H groups in total. The van der Waals surface area contributed by atoms with Crippen LogP contribution in [-0.4, -0.2) is 0 Å². The first-order valence-electron chi connectivity index (χ1n) is 4.99. The first kappa shape index (κ1) is 10.9. The molecule has 0 nitrogen and oxygen atoms in total. The number of aryl methyl sites for hydroxylation is 2. The van der Waals surface area contributed by atoms with Crippen molar-refractivity contribution in [1.82, 2.24) is 0 Å². The van der Waals surface area contributed by atoms with Crippen molar-refractivity contribution in [3.05, 3.63) is 34.9 Å². The van der Waals surface area contributed by atoms with Gasteiger partial charge in [-0.25, -0.2) is 0 Å². The molecule has 0 unspecified atom stereocenters. The van der Waals surface area contributed by atoms with E-state index in [9.17, 15) is 0 Å². The molecule has 1 aromatic carbocycles. The lowest BCUT2D eigenvalue weighted by Gasteiger charge is -2.07. The molecule has 74 valence electrons. The highest BCUT2D eigenvalue weighted by Gasteiger charge is 2.03. The van der Waals surface area contributed by atoms with Crippen molar-refractivity contribution in [3.63, 3.8) is 0 Å². The van der Waals surface area contributed by atoms with E-state index in [1.165, 1.54) is 11.1 Å². The van der Waals surface area contributed by atoms with Gasteiger partial charge in [0.25, 0.3) is 0 Å². The summed E-state index contributed by atoms with van der Waals surface area (Å²) in [5.41, 5.74) is 3.76. The maximum Gasteiger partial charge on any atom is 0.0277 e. The van der Waals surface area contributed by atoms with E-state index >= 15 is 0 Å². The lowest BCUT2D eigenvalue weighted by Crippen LogP contribution is -1.99. The fraction of sp³-hybridized carbons (Fsp3) is 0.429. The van der Waals surface area contributed by atoms with Crippen LogP contribution in [0.1, 0.15) is 37.5 Å². The average molecular weight is 186 g/mol. The summed E-state index contributed by atoms with van der Waals surface area (Å²) in [6.45, 7) is 10.6. The van der Waals surface area contributed by atoms with E-state index < -0.39 is 0 Å². The quantitative estimate of drug-likeness (QED) is 0.542. The van der Waals surface area contributed by atoms with Gasteiger partial charge in [-0.15, -0.1) is 0 Å². The van der Waals surface area contributed by atoms with Gasteiger partial charge >= 0.3 is 0 Å². The smallest absolute Gasteiger partial charge is 0.0277 e. The Morgan fingerprint density at radius 3 is 2.29 bits per heavy atom. The minimum absolute atomic E-state index is 0.0795. The fourth-order valence-electron chi connectivity index (χ4n) is 1.13. The summed E-state index contributed by atoms with van der Waals surface area (Å²) in [6.07, 6.45) is 0. The van der Waals surface area contributed by atoms with Crippen LogP contribution in [0, 0.1) is 31.1 Å². The molecule has 1 aromatic rings. The van der Waals surface area contributed by atoms with Crippen LogP contribution >= 0.6 is 0 Å². The maximum absolute atomic E-state index is 3.26. The molecule has 0 heterocycles. The topological polar surface area (TPSA) is 0 Å². The molecule has 0 heteroatoms. The lowest BCUT2D eigenvalue weighted by atomic mass is 9.96. The van der Waals surface area contributed by atoms with Crippen LogP contribution in [0.25, 0.3) is 0 Å².